The van der Waals surface area contributed by atoms with Crippen LogP contribution in [0.4, 0.5) is 14.5 Å². The molecule has 13 heteroatoms. The lowest BCUT2D eigenvalue weighted by atomic mass is 9.95. The zero-order chi connectivity index (χ0) is 31.0. The van der Waals surface area contributed by atoms with Crippen LogP contribution < -0.4 is 4.72 Å². The van der Waals surface area contributed by atoms with Crippen LogP contribution in [0.3, 0.4) is 0 Å². The smallest absolute Gasteiger partial charge is 0.357 e. The van der Waals surface area contributed by atoms with Crippen LogP contribution in [0.15, 0.2) is 53.9 Å². The van der Waals surface area contributed by atoms with Gasteiger partial charge in [-0.05, 0) is 87.1 Å². The van der Waals surface area contributed by atoms with Crippen molar-refractivity contribution < 1.29 is 27.1 Å². The lowest BCUT2D eigenvalue weighted by Gasteiger charge is -2.12. The summed E-state index contributed by atoms with van der Waals surface area (Å²) in [4.78, 5) is 18.8. The van der Waals surface area contributed by atoms with Gasteiger partial charge in [0.15, 0.2) is 5.69 Å². The van der Waals surface area contributed by atoms with Crippen LogP contribution >= 0.6 is 22.7 Å². The molecular formula is C31H27F2N4O4S3-. The van der Waals surface area contributed by atoms with E-state index in [1.165, 1.54) is 40.9 Å². The minimum Gasteiger partial charge on any atom is -0.755 e. The summed E-state index contributed by atoms with van der Waals surface area (Å²) in [6, 6.07) is 13.1. The normalized spacial score (nSPS) is 13.7. The van der Waals surface area contributed by atoms with Gasteiger partial charge in [-0.15, -0.1) is 22.7 Å². The van der Waals surface area contributed by atoms with Crippen molar-refractivity contribution in [3.8, 4) is 26.8 Å². The third-order valence-electron chi connectivity index (χ3n) is 7.28. The highest BCUT2D eigenvalue weighted by Crippen LogP contribution is 2.40. The lowest BCUT2D eigenvalue weighted by Crippen LogP contribution is -2.08. The fraction of sp³-hybridized carbons (Fsp3) is 0.258. The fourth-order valence-electron chi connectivity index (χ4n) is 5.01. The largest absolute Gasteiger partial charge is 0.755 e. The highest BCUT2D eigenvalue weighted by Gasteiger charge is 2.30. The number of aryl methyl sites for hydroxylation is 1. The first-order valence-corrected chi connectivity index (χ1v) is 16.7. The van der Waals surface area contributed by atoms with Gasteiger partial charge in [0.2, 0.25) is 5.13 Å². The highest BCUT2D eigenvalue weighted by molar-refractivity contribution is 7.80. The standard InChI is InChI=1S/C31H28F2N4O4S3/c1-3-41-30(38)26-16-42-31(34-26)37-27(14-18-5-6-18)22(12-19-7-10-25(24(33)13-19)36-44(39)40)29(35-37)20-8-9-23(32)21(15-20)28-11-4-17(2)43-28/h4,7-11,13,15-16,18,36H,3,5-6,12,14H2,1-2H3,(H,39,40)/p-1. The molecule has 2 aromatic carbocycles. The molecule has 0 spiro atoms. The minimum absolute atomic E-state index is 0.153. The third-order valence-corrected chi connectivity index (χ3v) is 9.52. The van der Waals surface area contributed by atoms with E-state index < -0.39 is 23.1 Å². The quantitative estimate of drug-likeness (QED) is 0.119. The Balaban J connectivity index is 1.50. The Hall–Kier alpha value is -3.78. The molecule has 3 aromatic heterocycles. The lowest BCUT2D eigenvalue weighted by molar-refractivity contribution is 0.0520. The molecule has 1 fully saturated rings. The van der Waals surface area contributed by atoms with Crippen molar-refractivity contribution in [3.05, 3.63) is 92.9 Å². The predicted octanol–water partition coefficient (Wildman–Crippen LogP) is 7.24. The van der Waals surface area contributed by atoms with Crippen molar-refractivity contribution >= 4 is 45.6 Å². The second-order valence-electron chi connectivity index (χ2n) is 10.5. The zero-order valence-electron chi connectivity index (χ0n) is 23.8. The van der Waals surface area contributed by atoms with Crippen molar-refractivity contribution in [1.82, 2.24) is 14.8 Å². The van der Waals surface area contributed by atoms with Gasteiger partial charge in [0.05, 0.1) is 23.7 Å². The molecule has 1 aliphatic carbocycles. The maximum Gasteiger partial charge on any atom is 0.357 e. The number of thiazole rings is 1. The number of esters is 1. The van der Waals surface area contributed by atoms with Gasteiger partial charge < -0.3 is 14.0 Å². The molecule has 1 N–H and O–H groups in total. The first-order valence-electron chi connectivity index (χ1n) is 13.9. The van der Waals surface area contributed by atoms with Crippen LogP contribution in [0.5, 0.6) is 0 Å². The van der Waals surface area contributed by atoms with E-state index in [1.54, 1.807) is 35.2 Å². The third kappa shape index (κ3) is 6.50. The summed E-state index contributed by atoms with van der Waals surface area (Å²) in [7, 11) is 0. The maximum atomic E-state index is 15.1. The molecule has 0 aliphatic heterocycles. The molecule has 0 radical (unpaired) electrons. The summed E-state index contributed by atoms with van der Waals surface area (Å²) in [5.41, 5.74) is 4.04. The molecule has 1 unspecified atom stereocenters. The Bertz CT molecular complexity index is 1880. The Kier molecular flexibility index (Phi) is 8.72. The summed E-state index contributed by atoms with van der Waals surface area (Å²) in [5.74, 6) is -1.14. The molecule has 1 atom stereocenters. The van der Waals surface area contributed by atoms with E-state index >= 15 is 4.39 Å². The van der Waals surface area contributed by atoms with E-state index in [2.05, 4.69) is 9.71 Å². The number of thiophene rings is 1. The molecule has 5 aromatic rings. The summed E-state index contributed by atoms with van der Waals surface area (Å²) in [6.45, 7) is 3.92. The van der Waals surface area contributed by atoms with Crippen molar-refractivity contribution in [2.24, 2.45) is 5.92 Å². The summed E-state index contributed by atoms with van der Waals surface area (Å²) >= 11 is 0.0908. The van der Waals surface area contributed by atoms with Crippen molar-refractivity contribution in [2.75, 3.05) is 11.3 Å². The number of hydrogen-bond donors (Lipinski definition) is 1. The van der Waals surface area contributed by atoms with E-state index in [0.717, 1.165) is 33.9 Å². The molecule has 3 heterocycles. The fourth-order valence-corrected chi connectivity index (χ4v) is 7.01. The van der Waals surface area contributed by atoms with Crippen molar-refractivity contribution in [3.63, 3.8) is 0 Å². The Morgan fingerprint density at radius 2 is 1.98 bits per heavy atom. The Morgan fingerprint density at radius 1 is 1.16 bits per heavy atom. The maximum absolute atomic E-state index is 15.1. The second-order valence-corrected chi connectivity index (χ2v) is 13.3. The number of nitrogens with one attached hydrogen (secondary N) is 1. The van der Waals surface area contributed by atoms with E-state index in [0.29, 0.717) is 39.9 Å². The van der Waals surface area contributed by atoms with Crippen LogP contribution in [0, 0.1) is 24.5 Å². The number of anilines is 1. The Labute approximate surface area is 263 Å². The Morgan fingerprint density at radius 3 is 2.66 bits per heavy atom. The monoisotopic (exact) mass is 653 g/mol. The average Bonchev–Trinajstić information content (AvgIpc) is 3.33. The molecular weight excluding hydrogens is 627 g/mol. The second kappa shape index (κ2) is 12.7. The number of hydrogen-bond acceptors (Lipinski definition) is 8. The predicted molar refractivity (Wildman–Crippen MR) is 167 cm³/mol. The zero-order valence-corrected chi connectivity index (χ0v) is 26.2. The average molecular weight is 654 g/mol. The van der Waals surface area contributed by atoms with Gasteiger partial charge >= 0.3 is 5.97 Å². The number of benzene rings is 2. The number of carbonyl (C=O) groups excluding carboxylic acids is 1. The first kappa shape index (κ1) is 30.3. The summed E-state index contributed by atoms with van der Waals surface area (Å²) in [6.07, 6.45) is 3.08. The molecule has 228 valence electrons. The van der Waals surface area contributed by atoms with Gasteiger partial charge in [-0.1, -0.05) is 6.07 Å². The van der Waals surface area contributed by atoms with Crippen LogP contribution in [-0.4, -0.2) is 36.1 Å². The van der Waals surface area contributed by atoms with Gasteiger partial charge in [0.1, 0.15) is 11.6 Å². The van der Waals surface area contributed by atoms with Gasteiger partial charge in [-0.2, -0.15) is 5.10 Å². The number of aromatic nitrogens is 3. The molecule has 0 bridgehead atoms. The number of halogens is 2. The molecule has 1 saturated carbocycles. The number of rotatable bonds is 11. The van der Waals surface area contributed by atoms with Crippen molar-refractivity contribution in [1.29, 1.82) is 0 Å². The number of carbonyl (C=O) groups is 1. The number of ether oxygens (including phenoxy) is 1. The number of nitrogens with zero attached hydrogens (tertiary/aromatic N) is 3. The van der Waals surface area contributed by atoms with E-state index in [4.69, 9.17) is 9.84 Å². The van der Waals surface area contributed by atoms with Crippen LogP contribution in [0.25, 0.3) is 26.8 Å². The van der Waals surface area contributed by atoms with E-state index in [-0.39, 0.29) is 30.2 Å². The van der Waals surface area contributed by atoms with Crippen molar-refractivity contribution in [2.45, 2.75) is 39.5 Å². The minimum atomic E-state index is -2.66. The summed E-state index contributed by atoms with van der Waals surface area (Å²) < 4.78 is 61.1. The van der Waals surface area contributed by atoms with Gasteiger partial charge in [0.25, 0.3) is 0 Å². The van der Waals surface area contributed by atoms with Crippen LogP contribution in [0.1, 0.15) is 52.0 Å². The first-order chi connectivity index (χ1) is 21.2. The molecule has 8 nitrogen and oxygen atoms in total. The van der Waals surface area contributed by atoms with E-state index in [9.17, 15) is 17.9 Å². The van der Waals surface area contributed by atoms with E-state index in [1.807, 2.05) is 19.1 Å². The topological polar surface area (TPSA) is 109 Å². The molecule has 1 aliphatic rings. The highest BCUT2D eigenvalue weighted by atomic mass is 32.2. The molecule has 0 saturated heterocycles. The van der Waals surface area contributed by atoms with Crippen LogP contribution in [0.2, 0.25) is 0 Å². The summed E-state index contributed by atoms with van der Waals surface area (Å²) in [5, 5.41) is 7.11. The van der Waals surface area contributed by atoms with Gasteiger partial charge in [-0.3, -0.25) is 4.21 Å². The van der Waals surface area contributed by atoms with Gasteiger partial charge in [0, 0.05) is 49.5 Å². The molecule has 44 heavy (non-hydrogen) atoms. The molecule has 0 amide bonds. The van der Waals surface area contributed by atoms with Gasteiger partial charge in [-0.25, -0.2) is 23.2 Å². The van der Waals surface area contributed by atoms with Crippen LogP contribution in [-0.2, 0) is 28.8 Å². The molecule has 6 rings (SSSR count). The SMILES string of the molecule is CCOC(=O)c1csc(-n2nc(-c3ccc(F)c(-c4ccc(C)s4)c3)c(Cc3ccc(NS(=O)[O-])c(F)c3)c2CC2CC2)n1.